The fraction of sp³-hybridized carbons (Fsp3) is 0.615. The molecule has 0 radical (unpaired) electrons. The van der Waals surface area contributed by atoms with E-state index in [1.807, 2.05) is 6.92 Å². The second-order valence-electron chi connectivity index (χ2n) is 4.97. The van der Waals surface area contributed by atoms with Crippen LogP contribution in [0, 0.1) is 5.92 Å². The maximum atomic E-state index is 11.4. The summed E-state index contributed by atoms with van der Waals surface area (Å²) in [6.07, 6.45) is 4.29. The van der Waals surface area contributed by atoms with E-state index >= 15 is 0 Å². The van der Waals surface area contributed by atoms with E-state index < -0.39 is 11.5 Å². The molecule has 1 aliphatic carbocycles. The average molecular weight is 265 g/mol. The molecule has 0 saturated heterocycles. The molecule has 1 aromatic rings. The molecule has 1 heterocycles. The molecule has 19 heavy (non-hydrogen) atoms. The molecular formula is C13H19N3O3. The number of carboxylic acid groups (broad SMARTS) is 1. The highest BCUT2D eigenvalue weighted by atomic mass is 16.5. The number of nitrogens with zero attached hydrogens (tertiary/aromatic N) is 2. The third-order valence-corrected chi connectivity index (χ3v) is 3.29. The topological polar surface area (TPSA) is 84.3 Å². The summed E-state index contributed by atoms with van der Waals surface area (Å²) in [5.41, 5.74) is -1.01. The number of anilines is 1. The van der Waals surface area contributed by atoms with Crippen molar-refractivity contribution >= 4 is 11.9 Å². The van der Waals surface area contributed by atoms with Gasteiger partial charge in [0.25, 0.3) is 0 Å². The Morgan fingerprint density at radius 1 is 1.63 bits per heavy atom. The largest absolute Gasteiger partial charge is 0.480 e. The fourth-order valence-electron chi connectivity index (χ4n) is 1.91. The lowest BCUT2D eigenvalue weighted by Gasteiger charge is -2.26. The van der Waals surface area contributed by atoms with E-state index in [1.54, 1.807) is 19.2 Å². The van der Waals surface area contributed by atoms with Gasteiger partial charge in [0.05, 0.1) is 6.61 Å². The van der Waals surface area contributed by atoms with E-state index in [0.29, 0.717) is 18.4 Å². The Kier molecular flexibility index (Phi) is 3.87. The number of carboxylic acids is 1. The molecular weight excluding hydrogens is 246 g/mol. The summed E-state index contributed by atoms with van der Waals surface area (Å²) in [5.74, 6) is 0.0144. The highest BCUT2D eigenvalue weighted by Crippen LogP contribution is 2.41. The van der Waals surface area contributed by atoms with Gasteiger partial charge < -0.3 is 15.2 Å². The van der Waals surface area contributed by atoms with Crippen molar-refractivity contribution in [1.29, 1.82) is 0 Å². The van der Waals surface area contributed by atoms with Gasteiger partial charge in [-0.15, -0.1) is 0 Å². The number of ether oxygens (including phenoxy) is 1. The van der Waals surface area contributed by atoms with E-state index in [1.165, 1.54) is 0 Å². The number of aliphatic carboxylic acids is 1. The first-order valence-electron chi connectivity index (χ1n) is 6.53. The van der Waals surface area contributed by atoms with Crippen LogP contribution in [-0.2, 0) is 4.79 Å². The molecule has 104 valence electrons. The summed E-state index contributed by atoms with van der Waals surface area (Å²) in [7, 11) is 0. The molecule has 1 saturated carbocycles. The number of hydrogen-bond acceptors (Lipinski definition) is 5. The van der Waals surface area contributed by atoms with Gasteiger partial charge in [-0.2, -0.15) is 4.98 Å². The van der Waals surface area contributed by atoms with Gasteiger partial charge >= 0.3 is 5.97 Å². The van der Waals surface area contributed by atoms with Crippen molar-refractivity contribution < 1.29 is 14.6 Å². The SMILES string of the molecule is CCCOc1ccnc(NC(C)(C(=O)O)C2CC2)n1. The zero-order chi connectivity index (χ0) is 13.9. The summed E-state index contributed by atoms with van der Waals surface area (Å²) in [4.78, 5) is 19.7. The lowest BCUT2D eigenvalue weighted by Crippen LogP contribution is -2.46. The number of carbonyl (C=O) groups is 1. The van der Waals surface area contributed by atoms with Crippen LogP contribution in [0.4, 0.5) is 5.95 Å². The molecule has 1 aliphatic rings. The van der Waals surface area contributed by atoms with Crippen LogP contribution in [-0.4, -0.2) is 33.2 Å². The normalized spacial score (nSPS) is 17.6. The van der Waals surface area contributed by atoms with Crippen molar-refractivity contribution in [2.75, 3.05) is 11.9 Å². The van der Waals surface area contributed by atoms with E-state index in [2.05, 4.69) is 15.3 Å². The molecule has 0 aliphatic heterocycles. The second kappa shape index (κ2) is 5.42. The Labute approximate surface area is 112 Å². The van der Waals surface area contributed by atoms with Gasteiger partial charge in [0.1, 0.15) is 5.54 Å². The van der Waals surface area contributed by atoms with Crippen molar-refractivity contribution in [1.82, 2.24) is 9.97 Å². The van der Waals surface area contributed by atoms with Crippen LogP contribution in [0.15, 0.2) is 12.3 Å². The molecule has 0 bridgehead atoms. The third-order valence-electron chi connectivity index (χ3n) is 3.29. The van der Waals surface area contributed by atoms with Gasteiger partial charge in [-0.3, -0.25) is 0 Å². The monoisotopic (exact) mass is 265 g/mol. The number of hydrogen-bond donors (Lipinski definition) is 2. The number of nitrogens with one attached hydrogen (secondary N) is 1. The van der Waals surface area contributed by atoms with E-state index in [4.69, 9.17) is 4.74 Å². The standard InChI is InChI=1S/C13H19N3O3/c1-3-8-19-10-6-7-14-12(15-10)16-13(2,11(17)18)9-4-5-9/h6-7,9H,3-5,8H2,1-2H3,(H,17,18)(H,14,15,16). The molecule has 0 amide bonds. The van der Waals surface area contributed by atoms with E-state index in [9.17, 15) is 9.90 Å². The molecule has 1 unspecified atom stereocenters. The van der Waals surface area contributed by atoms with Crippen molar-refractivity contribution in [3.8, 4) is 5.88 Å². The van der Waals surface area contributed by atoms with Gasteiger partial charge in [-0.05, 0) is 32.1 Å². The van der Waals surface area contributed by atoms with Crippen LogP contribution in [0.1, 0.15) is 33.1 Å². The minimum Gasteiger partial charge on any atom is -0.480 e. The predicted octanol–water partition coefficient (Wildman–Crippen LogP) is 1.93. The lowest BCUT2D eigenvalue weighted by atomic mass is 9.96. The minimum atomic E-state index is -1.01. The minimum absolute atomic E-state index is 0.133. The van der Waals surface area contributed by atoms with Crippen LogP contribution in [0.25, 0.3) is 0 Å². The Bertz CT molecular complexity index is 462. The van der Waals surface area contributed by atoms with Crippen LogP contribution in [0.2, 0.25) is 0 Å². The quantitative estimate of drug-likeness (QED) is 0.783. The van der Waals surface area contributed by atoms with Crippen LogP contribution >= 0.6 is 0 Å². The van der Waals surface area contributed by atoms with Crippen molar-refractivity contribution in [2.45, 2.75) is 38.6 Å². The first-order chi connectivity index (χ1) is 9.06. The van der Waals surface area contributed by atoms with Crippen LogP contribution < -0.4 is 10.1 Å². The van der Waals surface area contributed by atoms with E-state index in [0.717, 1.165) is 19.3 Å². The van der Waals surface area contributed by atoms with Crippen LogP contribution in [0.3, 0.4) is 0 Å². The molecule has 1 atom stereocenters. The molecule has 1 aromatic heterocycles. The second-order valence-corrected chi connectivity index (χ2v) is 4.97. The number of rotatable bonds is 7. The molecule has 2 N–H and O–H groups in total. The Morgan fingerprint density at radius 3 is 2.95 bits per heavy atom. The van der Waals surface area contributed by atoms with Gasteiger partial charge in [-0.1, -0.05) is 6.92 Å². The van der Waals surface area contributed by atoms with Gasteiger partial charge in [0.15, 0.2) is 0 Å². The molecule has 6 heteroatoms. The fourth-order valence-corrected chi connectivity index (χ4v) is 1.91. The lowest BCUT2D eigenvalue weighted by molar-refractivity contribution is -0.142. The summed E-state index contributed by atoms with van der Waals surface area (Å²) in [5, 5.41) is 12.3. The predicted molar refractivity (Wildman–Crippen MR) is 70.2 cm³/mol. The molecule has 0 aromatic carbocycles. The molecule has 0 spiro atoms. The van der Waals surface area contributed by atoms with Crippen molar-refractivity contribution in [3.63, 3.8) is 0 Å². The highest BCUT2D eigenvalue weighted by molar-refractivity contribution is 5.82. The summed E-state index contributed by atoms with van der Waals surface area (Å²) >= 11 is 0. The molecule has 1 fully saturated rings. The first-order valence-corrected chi connectivity index (χ1v) is 6.53. The average Bonchev–Trinajstić information content (AvgIpc) is 3.21. The Balaban J connectivity index is 2.11. The maximum Gasteiger partial charge on any atom is 0.329 e. The van der Waals surface area contributed by atoms with E-state index in [-0.39, 0.29) is 5.92 Å². The van der Waals surface area contributed by atoms with Crippen molar-refractivity contribution in [2.24, 2.45) is 5.92 Å². The maximum absolute atomic E-state index is 11.4. The molecule has 6 nitrogen and oxygen atoms in total. The van der Waals surface area contributed by atoms with Gasteiger partial charge in [0, 0.05) is 12.3 Å². The third kappa shape index (κ3) is 3.13. The molecule has 2 rings (SSSR count). The summed E-state index contributed by atoms with van der Waals surface area (Å²) in [6, 6.07) is 1.66. The smallest absolute Gasteiger partial charge is 0.329 e. The number of aromatic nitrogens is 2. The van der Waals surface area contributed by atoms with Gasteiger partial charge in [-0.25, -0.2) is 9.78 Å². The Morgan fingerprint density at radius 2 is 2.37 bits per heavy atom. The van der Waals surface area contributed by atoms with Crippen LogP contribution in [0.5, 0.6) is 5.88 Å². The zero-order valence-corrected chi connectivity index (χ0v) is 11.2. The Hall–Kier alpha value is -1.85. The van der Waals surface area contributed by atoms with Gasteiger partial charge in [0.2, 0.25) is 11.8 Å². The highest BCUT2D eigenvalue weighted by Gasteiger charge is 2.48. The summed E-state index contributed by atoms with van der Waals surface area (Å²) < 4.78 is 5.41. The first kappa shape index (κ1) is 13.6. The summed E-state index contributed by atoms with van der Waals surface area (Å²) in [6.45, 7) is 4.26. The zero-order valence-electron chi connectivity index (χ0n) is 11.2. The van der Waals surface area contributed by atoms with Crippen molar-refractivity contribution in [3.05, 3.63) is 12.3 Å².